The van der Waals surface area contributed by atoms with Gasteiger partial charge in [0, 0.05) is 5.69 Å². The summed E-state index contributed by atoms with van der Waals surface area (Å²) in [6, 6.07) is 29.1. The Hall–Kier alpha value is -4.43. The number of nitrogens with one attached hydrogen (secondary N) is 2. The predicted octanol–water partition coefficient (Wildman–Crippen LogP) is 5.80. The Morgan fingerprint density at radius 1 is 0.842 bits per heavy atom. The summed E-state index contributed by atoms with van der Waals surface area (Å²) >= 11 is 1.58. The first-order valence-electron chi connectivity index (χ1n) is 12.0. The van der Waals surface area contributed by atoms with Gasteiger partial charge in [0.15, 0.2) is 6.61 Å². The van der Waals surface area contributed by atoms with Gasteiger partial charge < -0.3 is 10.1 Å². The molecule has 4 aromatic carbocycles. The normalized spacial score (nSPS) is 12.1. The van der Waals surface area contributed by atoms with Crippen LogP contribution in [0.3, 0.4) is 0 Å². The zero-order valence-corrected chi connectivity index (χ0v) is 21.1. The van der Waals surface area contributed by atoms with Gasteiger partial charge in [0.2, 0.25) is 5.91 Å². The van der Waals surface area contributed by atoms with Crippen LogP contribution < -0.4 is 15.5 Å². The van der Waals surface area contributed by atoms with Crippen molar-refractivity contribution in [3.05, 3.63) is 120 Å². The van der Waals surface area contributed by atoms with Crippen molar-refractivity contribution in [3.63, 3.8) is 0 Å². The Kier molecular flexibility index (Phi) is 7.80. The highest BCUT2D eigenvalue weighted by Gasteiger charge is 2.28. The lowest BCUT2D eigenvalue weighted by molar-refractivity contribution is -0.119. The fraction of sp³-hybridized carbons (Fsp3) is 0.100. The summed E-state index contributed by atoms with van der Waals surface area (Å²) in [5.41, 5.74) is 8.74. The first kappa shape index (κ1) is 25.2. The minimum Gasteiger partial charge on any atom is -0.484 e. The molecule has 0 saturated carbocycles. The van der Waals surface area contributed by atoms with E-state index in [-0.39, 0.29) is 35.2 Å². The number of thioether (sulfide) groups is 1. The summed E-state index contributed by atoms with van der Waals surface area (Å²) < 4.78 is 18.4. The van der Waals surface area contributed by atoms with Crippen LogP contribution in [0.2, 0.25) is 0 Å². The molecule has 38 heavy (non-hydrogen) atoms. The van der Waals surface area contributed by atoms with Crippen LogP contribution in [0.5, 0.6) is 5.75 Å². The van der Waals surface area contributed by atoms with E-state index in [4.69, 9.17) is 4.74 Å². The van der Waals surface area contributed by atoms with Gasteiger partial charge in [0.05, 0.1) is 17.2 Å². The third-order valence-corrected chi connectivity index (χ3v) is 7.21. The molecule has 2 N–H and O–H groups in total. The topological polar surface area (TPSA) is 79.8 Å². The van der Waals surface area contributed by atoms with E-state index in [2.05, 4.69) is 40.1 Å². The molecule has 190 valence electrons. The van der Waals surface area contributed by atoms with E-state index >= 15 is 0 Å². The van der Waals surface area contributed by atoms with E-state index in [0.717, 1.165) is 5.56 Å². The number of rotatable bonds is 9. The minimum atomic E-state index is -0.372. The van der Waals surface area contributed by atoms with Gasteiger partial charge in [0.1, 0.15) is 11.6 Å². The van der Waals surface area contributed by atoms with Crippen LogP contribution in [-0.4, -0.2) is 30.4 Å². The van der Waals surface area contributed by atoms with Crippen molar-refractivity contribution in [2.24, 2.45) is 5.10 Å². The van der Waals surface area contributed by atoms with Gasteiger partial charge in [-0.3, -0.25) is 9.59 Å². The second-order valence-corrected chi connectivity index (χ2v) is 9.66. The first-order chi connectivity index (χ1) is 18.6. The maximum absolute atomic E-state index is 13.0. The van der Waals surface area contributed by atoms with Crippen LogP contribution in [0, 0.1) is 5.82 Å². The van der Waals surface area contributed by atoms with E-state index in [1.165, 1.54) is 46.5 Å². The Bertz CT molecular complexity index is 1430. The van der Waals surface area contributed by atoms with Gasteiger partial charge in [0.25, 0.3) is 5.91 Å². The largest absolute Gasteiger partial charge is 0.484 e. The summed E-state index contributed by atoms with van der Waals surface area (Å²) in [4.78, 5) is 24.5. The lowest BCUT2D eigenvalue weighted by atomic mass is 10.1. The van der Waals surface area contributed by atoms with Crippen LogP contribution in [0.15, 0.2) is 102 Å². The maximum Gasteiger partial charge on any atom is 0.262 e. The monoisotopic (exact) mass is 525 g/mol. The second kappa shape index (κ2) is 11.7. The number of fused-ring (bicyclic) bond motifs is 3. The number of hydrogen-bond donors (Lipinski definition) is 2. The lowest BCUT2D eigenvalue weighted by Crippen LogP contribution is -2.20. The number of carbonyl (C=O) groups is 2. The van der Waals surface area contributed by atoms with Crippen LogP contribution in [0.4, 0.5) is 10.1 Å². The van der Waals surface area contributed by atoms with E-state index in [9.17, 15) is 14.0 Å². The molecule has 4 aromatic rings. The van der Waals surface area contributed by atoms with Gasteiger partial charge >= 0.3 is 0 Å². The third kappa shape index (κ3) is 6.10. The second-order valence-electron chi connectivity index (χ2n) is 8.57. The smallest absolute Gasteiger partial charge is 0.262 e. The number of halogens is 1. The van der Waals surface area contributed by atoms with E-state index < -0.39 is 0 Å². The molecule has 6 nitrogen and oxygen atoms in total. The molecule has 8 heteroatoms. The van der Waals surface area contributed by atoms with Crippen LogP contribution in [-0.2, 0) is 9.59 Å². The number of anilines is 1. The van der Waals surface area contributed by atoms with Crippen molar-refractivity contribution in [3.8, 4) is 16.9 Å². The average molecular weight is 526 g/mol. The molecular weight excluding hydrogens is 501 g/mol. The van der Waals surface area contributed by atoms with Crippen molar-refractivity contribution in [1.82, 2.24) is 5.43 Å². The molecule has 2 amide bonds. The maximum atomic E-state index is 13.0. The fourth-order valence-corrected chi connectivity index (χ4v) is 5.34. The number of nitrogens with zero attached hydrogens (tertiary/aromatic N) is 1. The molecule has 0 atom stereocenters. The third-order valence-electron chi connectivity index (χ3n) is 5.94. The summed E-state index contributed by atoms with van der Waals surface area (Å²) in [5.74, 6) is -0.124. The molecule has 0 bridgehead atoms. The molecule has 0 unspecified atom stereocenters. The number of hydrogen-bond acceptors (Lipinski definition) is 5. The molecule has 5 rings (SSSR count). The molecule has 0 spiro atoms. The van der Waals surface area contributed by atoms with Crippen molar-refractivity contribution < 1.29 is 18.7 Å². The molecule has 0 radical (unpaired) electrons. The lowest BCUT2D eigenvalue weighted by Gasteiger charge is -2.12. The molecule has 1 aliphatic rings. The number of benzene rings is 4. The molecular formula is C30H24FN3O3S. The summed E-state index contributed by atoms with van der Waals surface area (Å²) in [6.45, 7) is -0.186. The highest BCUT2D eigenvalue weighted by atomic mass is 32.2. The molecule has 0 saturated heterocycles. The van der Waals surface area contributed by atoms with Crippen molar-refractivity contribution >= 4 is 35.5 Å². The molecule has 0 heterocycles. The fourth-order valence-electron chi connectivity index (χ4n) is 4.19. The first-order valence-corrected chi connectivity index (χ1v) is 13.0. The molecule has 0 aliphatic heterocycles. The van der Waals surface area contributed by atoms with Crippen molar-refractivity contribution in [2.45, 2.75) is 5.25 Å². The Balaban J connectivity index is 1.07. The zero-order chi connectivity index (χ0) is 26.3. The van der Waals surface area contributed by atoms with Crippen molar-refractivity contribution in [2.75, 3.05) is 17.7 Å². The van der Waals surface area contributed by atoms with Crippen molar-refractivity contribution in [1.29, 1.82) is 0 Å². The van der Waals surface area contributed by atoms with E-state index in [1.807, 2.05) is 24.3 Å². The van der Waals surface area contributed by atoms with Crippen LogP contribution in [0.1, 0.15) is 21.9 Å². The SMILES string of the molecule is O=C(CSC1c2ccccc2-c2ccccc21)N/N=C/c1ccc(OCC(=O)Nc2ccc(F)cc2)cc1. The predicted molar refractivity (Wildman–Crippen MR) is 149 cm³/mol. The molecule has 0 fully saturated rings. The summed E-state index contributed by atoms with van der Waals surface area (Å²) in [5, 5.41) is 6.81. The van der Waals surface area contributed by atoms with Gasteiger partial charge in [-0.2, -0.15) is 5.10 Å². The Morgan fingerprint density at radius 3 is 2.13 bits per heavy atom. The molecule has 0 aromatic heterocycles. The highest BCUT2D eigenvalue weighted by molar-refractivity contribution is 8.00. The van der Waals surface area contributed by atoms with Gasteiger partial charge in [-0.25, -0.2) is 9.82 Å². The number of amides is 2. The standard InChI is InChI=1S/C30H24FN3O3S/c31-21-11-13-22(14-12-21)33-28(35)18-37-23-15-9-20(10-16-23)17-32-34-29(36)19-38-30-26-7-3-1-5-24(26)25-6-2-4-8-27(25)30/h1-17,30H,18-19H2,(H,33,35)(H,34,36)/b32-17+. The van der Waals surface area contributed by atoms with E-state index in [0.29, 0.717) is 11.4 Å². The van der Waals surface area contributed by atoms with Gasteiger partial charge in [-0.1, -0.05) is 48.5 Å². The highest BCUT2D eigenvalue weighted by Crippen LogP contribution is 2.49. The van der Waals surface area contributed by atoms with E-state index in [1.54, 1.807) is 42.2 Å². The number of ether oxygens (including phenoxy) is 1. The Morgan fingerprint density at radius 2 is 1.47 bits per heavy atom. The Labute approximate surface area is 223 Å². The van der Waals surface area contributed by atoms with Crippen LogP contribution >= 0.6 is 11.8 Å². The molecule has 1 aliphatic carbocycles. The summed E-state index contributed by atoms with van der Waals surface area (Å²) in [7, 11) is 0. The zero-order valence-electron chi connectivity index (χ0n) is 20.3. The average Bonchev–Trinajstić information content (AvgIpc) is 3.26. The van der Waals surface area contributed by atoms with Gasteiger partial charge in [-0.05, 0) is 76.3 Å². The number of carbonyl (C=O) groups excluding carboxylic acids is 2. The van der Waals surface area contributed by atoms with Gasteiger partial charge in [-0.15, -0.1) is 11.8 Å². The minimum absolute atomic E-state index is 0.113. The quantitative estimate of drug-likeness (QED) is 0.214. The van der Waals surface area contributed by atoms with Crippen LogP contribution in [0.25, 0.3) is 11.1 Å². The summed E-state index contributed by atoms with van der Waals surface area (Å²) in [6.07, 6.45) is 1.55. The number of hydrazone groups is 1.